The van der Waals surface area contributed by atoms with E-state index in [2.05, 4.69) is 33.9 Å². The molecule has 15 rings (SSSR count). The molecule has 0 amide bonds. The number of Topliss-reactive ketones (excluding diaryl/α,β-unsaturated/α-hetero) is 1. The minimum atomic E-state index is -1.13. The molecule has 6 bridgehead atoms. The summed E-state index contributed by atoms with van der Waals surface area (Å²) in [4.78, 5) is 31.8. The molecule has 0 aromatic heterocycles. The second-order valence-corrected chi connectivity index (χ2v) is 20.9. The lowest BCUT2D eigenvalue weighted by Gasteiger charge is -2.61. The van der Waals surface area contributed by atoms with Gasteiger partial charge in [-0.15, -0.1) is 0 Å². The van der Waals surface area contributed by atoms with E-state index in [1.165, 1.54) is 22.8 Å². The fourth-order valence-corrected chi connectivity index (χ4v) is 15.6. The summed E-state index contributed by atoms with van der Waals surface area (Å²) in [6.45, 7) is 2.66. The lowest BCUT2D eigenvalue weighted by atomic mass is 9.49. The fourth-order valence-electron chi connectivity index (χ4n) is 15.6. The van der Waals surface area contributed by atoms with Crippen LogP contribution in [0.1, 0.15) is 65.5 Å². The van der Waals surface area contributed by atoms with Gasteiger partial charge in [-0.05, 0) is 144 Å². The van der Waals surface area contributed by atoms with Gasteiger partial charge in [0.25, 0.3) is 0 Å². The zero-order chi connectivity index (χ0) is 45.6. The summed E-state index contributed by atoms with van der Waals surface area (Å²) in [5.74, 6) is 2.64. The molecule has 14 heteroatoms. The molecule has 4 fully saturated rings. The van der Waals surface area contributed by atoms with Gasteiger partial charge in [0.05, 0.1) is 29.0 Å². The van der Waals surface area contributed by atoms with Crippen LogP contribution in [-0.4, -0.2) is 147 Å². The van der Waals surface area contributed by atoms with E-state index < -0.39 is 34.2 Å². The highest BCUT2D eigenvalue weighted by Crippen LogP contribution is 2.66. The number of carbonyl (C=O) groups excluding carboxylic acids is 2. The number of likely N-dealkylation sites (N-methyl/N-ethyl adjacent to an activating group) is 3. The van der Waals surface area contributed by atoms with Crippen molar-refractivity contribution in [1.82, 2.24) is 14.7 Å². The van der Waals surface area contributed by atoms with Crippen LogP contribution in [0.25, 0.3) is 0 Å². The number of piperidine rings is 3. The van der Waals surface area contributed by atoms with Gasteiger partial charge in [-0.1, -0.05) is 24.3 Å². The molecule has 3 spiro atoms. The quantitative estimate of drug-likeness (QED) is 0.240. The molecule has 3 saturated heterocycles. The predicted octanol–water partition coefficient (Wildman–Crippen LogP) is 3.39. The molecule has 0 radical (unpaired) electrons. The van der Waals surface area contributed by atoms with Crippen molar-refractivity contribution in [2.75, 3.05) is 47.9 Å². The number of aliphatic hydroxyl groups is 2. The van der Waals surface area contributed by atoms with E-state index >= 15 is 0 Å². The van der Waals surface area contributed by atoms with Crippen molar-refractivity contribution >= 4 is 11.6 Å². The highest BCUT2D eigenvalue weighted by Gasteiger charge is 2.74. The Morgan fingerprint density at radius 1 is 0.636 bits per heavy atom. The standard InChI is InChI=1S/C18H19NO3.C17H19NO4.C17H17NO4/c1-19-8-7-18-11-4-6-14(21-2)17(18)22-16-13(20)5-3-10(15(16)18)9-12(11)19;2*1-18-7-6-16-13-9-2-3-10(19)14(13)22-15(16)11(20)4-5-17(16,21)12(18)8-9/h3-6,12,17,20H,7-9H2,1-2H3;2-3,12,15,19,21H,4-8H2,1H3;2-5,12,15,19,21H,6-8H2,1H3/t12-,17+,18+;2*12-,15+,16+,17-/m111/s1. The molecule has 1 saturated carbocycles. The molecule has 11 atom stereocenters. The Labute approximate surface area is 382 Å². The van der Waals surface area contributed by atoms with Crippen molar-refractivity contribution in [2.45, 2.75) is 115 Å². The van der Waals surface area contributed by atoms with Gasteiger partial charge in [-0.3, -0.25) is 19.4 Å². The first-order valence-electron chi connectivity index (χ1n) is 23.5. The second kappa shape index (κ2) is 13.2. The van der Waals surface area contributed by atoms with E-state index in [0.29, 0.717) is 55.4 Å². The number of ether oxygens (including phenoxy) is 4. The monoisotopic (exact) mass is 897 g/mol. The van der Waals surface area contributed by atoms with Gasteiger partial charge < -0.3 is 49.4 Å². The fraction of sp³-hybridized carbons (Fsp3) is 0.500. The van der Waals surface area contributed by atoms with Gasteiger partial charge in [0, 0.05) is 41.2 Å². The smallest absolute Gasteiger partial charge is 0.196 e. The SMILES string of the molecule is CN1CC[C@]23c4c5ccc(O)c4O[C@H]2C(=O)C=C[C@@]3(O)[C@H]1C5.CN1CC[C@]23c4c5ccc(O)c4O[C@H]2C(=O)CC[C@@]3(O)[C@H]1C5.COC1=CC=C2[C@H]3Cc4ccc(O)c5c4[C@@]2(CCN3C)[C@H]1O5. The maximum Gasteiger partial charge on any atom is 0.196 e. The summed E-state index contributed by atoms with van der Waals surface area (Å²) < 4.78 is 23.7. The maximum atomic E-state index is 12.5. The van der Waals surface area contributed by atoms with E-state index in [9.17, 15) is 35.1 Å². The largest absolute Gasteiger partial charge is 0.504 e. The number of carbonyl (C=O) groups is 2. The topological polar surface area (TPSA) is 182 Å². The first kappa shape index (κ1) is 40.9. The molecular formula is C52H55N3O11. The Bertz CT molecular complexity index is 2810. The third-order valence-electron chi connectivity index (χ3n) is 18.6. The minimum Gasteiger partial charge on any atom is -0.504 e. The Kier molecular flexibility index (Phi) is 8.17. The van der Waals surface area contributed by atoms with Crippen LogP contribution in [-0.2, 0) is 49.8 Å². The van der Waals surface area contributed by atoms with Gasteiger partial charge in [0.15, 0.2) is 64.4 Å². The van der Waals surface area contributed by atoms with Crippen LogP contribution in [0, 0.1) is 0 Å². The molecule has 5 N–H and O–H groups in total. The number of phenolic OH excluding ortho intramolecular Hbond substituents is 3. The zero-order valence-corrected chi connectivity index (χ0v) is 37.5. The molecule has 14 nitrogen and oxygen atoms in total. The molecule has 6 aliphatic heterocycles. The molecule has 3 aromatic carbocycles. The van der Waals surface area contributed by atoms with Crippen LogP contribution >= 0.6 is 0 Å². The summed E-state index contributed by atoms with van der Waals surface area (Å²) in [5, 5.41) is 53.9. The Morgan fingerprint density at radius 3 is 1.88 bits per heavy atom. The van der Waals surface area contributed by atoms with E-state index in [4.69, 9.17) is 18.9 Å². The van der Waals surface area contributed by atoms with Crippen molar-refractivity contribution in [1.29, 1.82) is 0 Å². The van der Waals surface area contributed by atoms with E-state index in [-0.39, 0.29) is 52.4 Å². The van der Waals surface area contributed by atoms with Crippen LogP contribution in [0.4, 0.5) is 0 Å². The normalized spacial score (nSPS) is 39.2. The van der Waals surface area contributed by atoms with Crippen molar-refractivity contribution in [3.8, 4) is 34.5 Å². The summed E-state index contributed by atoms with van der Waals surface area (Å²) in [7, 11) is 7.95. The van der Waals surface area contributed by atoms with Crippen LogP contribution < -0.4 is 14.2 Å². The van der Waals surface area contributed by atoms with Crippen LogP contribution in [0.5, 0.6) is 34.5 Å². The van der Waals surface area contributed by atoms with Crippen molar-refractivity contribution in [2.24, 2.45) is 0 Å². The summed E-state index contributed by atoms with van der Waals surface area (Å²) in [5.41, 5.74) is 4.17. The number of nitrogens with zero attached hydrogens (tertiary/aromatic N) is 3. The van der Waals surface area contributed by atoms with Gasteiger partial charge >= 0.3 is 0 Å². The van der Waals surface area contributed by atoms with Crippen LogP contribution in [0.15, 0.2) is 72.0 Å². The molecule has 12 aliphatic rings. The molecule has 6 aliphatic carbocycles. The Balaban J connectivity index is 0.0000000988. The summed E-state index contributed by atoms with van der Waals surface area (Å²) in [6.07, 6.45) is 11.4. The number of benzene rings is 3. The van der Waals surface area contributed by atoms with Gasteiger partial charge in [-0.25, -0.2) is 0 Å². The number of phenols is 3. The first-order valence-corrected chi connectivity index (χ1v) is 23.5. The highest BCUT2D eigenvalue weighted by molar-refractivity contribution is 5.99. The average Bonchev–Trinajstić information content (AvgIpc) is 3.98. The van der Waals surface area contributed by atoms with E-state index in [1.54, 1.807) is 31.4 Å². The number of aromatic hydroxyl groups is 3. The third kappa shape index (κ3) is 4.56. The van der Waals surface area contributed by atoms with E-state index in [0.717, 1.165) is 66.9 Å². The molecule has 66 heavy (non-hydrogen) atoms. The number of hydrogen-bond acceptors (Lipinski definition) is 14. The second-order valence-electron chi connectivity index (χ2n) is 20.9. The number of rotatable bonds is 1. The average molecular weight is 898 g/mol. The highest BCUT2D eigenvalue weighted by atomic mass is 16.5. The number of likely N-dealkylation sites (tertiary alicyclic amines) is 3. The number of ketones is 2. The van der Waals surface area contributed by atoms with Gasteiger partial charge in [0.2, 0.25) is 0 Å². The third-order valence-corrected chi connectivity index (χ3v) is 18.6. The van der Waals surface area contributed by atoms with Crippen molar-refractivity contribution < 1.29 is 54.1 Å². The predicted molar refractivity (Wildman–Crippen MR) is 238 cm³/mol. The Morgan fingerprint density at radius 2 is 1.20 bits per heavy atom. The molecule has 6 heterocycles. The minimum absolute atomic E-state index is 0.00319. The number of hydrogen-bond donors (Lipinski definition) is 5. The number of methoxy groups -OCH3 is 1. The molecular weight excluding hydrogens is 843 g/mol. The van der Waals surface area contributed by atoms with Crippen molar-refractivity contribution in [3.05, 3.63) is 105 Å². The van der Waals surface area contributed by atoms with Gasteiger partial charge in [-0.2, -0.15) is 0 Å². The molecule has 0 unspecified atom stereocenters. The molecule has 344 valence electrons. The van der Waals surface area contributed by atoms with Crippen LogP contribution in [0.3, 0.4) is 0 Å². The lowest BCUT2D eigenvalue weighted by molar-refractivity contribution is -0.185. The number of allylic oxidation sites excluding steroid dienone is 2. The summed E-state index contributed by atoms with van der Waals surface area (Å²) in [6, 6.07) is 11.3. The maximum absolute atomic E-state index is 12.5. The zero-order valence-electron chi connectivity index (χ0n) is 37.5. The summed E-state index contributed by atoms with van der Waals surface area (Å²) >= 11 is 0. The molecule has 3 aromatic rings. The van der Waals surface area contributed by atoms with Crippen molar-refractivity contribution in [3.63, 3.8) is 0 Å². The van der Waals surface area contributed by atoms with E-state index in [1.807, 2.05) is 32.3 Å². The first-order chi connectivity index (χ1) is 31.6. The van der Waals surface area contributed by atoms with Crippen LogP contribution in [0.2, 0.25) is 0 Å². The Hall–Kier alpha value is -5.38. The lowest BCUT2D eigenvalue weighted by Crippen LogP contribution is -2.76. The van der Waals surface area contributed by atoms with Gasteiger partial charge in [0.1, 0.15) is 11.4 Å².